The molecule has 1 aliphatic heterocycles. The average molecular weight is 261 g/mol. The number of nitrogens with one attached hydrogen (secondary N) is 1. The molecule has 1 fully saturated rings. The van der Waals surface area contributed by atoms with Gasteiger partial charge in [-0.3, -0.25) is 9.69 Å². The average Bonchev–Trinajstić information content (AvgIpc) is 2.82. The summed E-state index contributed by atoms with van der Waals surface area (Å²) >= 11 is 0. The molecule has 1 amide bonds. The Bertz CT molecular complexity index is 407. The quantitative estimate of drug-likeness (QED) is 0.829. The van der Waals surface area contributed by atoms with Gasteiger partial charge < -0.3 is 11.1 Å². The van der Waals surface area contributed by atoms with Crippen molar-refractivity contribution in [2.45, 2.75) is 25.3 Å². The third-order valence-electron chi connectivity index (χ3n) is 3.65. The smallest absolute Gasteiger partial charge is 0.234 e. The first-order valence-electron chi connectivity index (χ1n) is 6.94. The fourth-order valence-electron chi connectivity index (χ4n) is 2.43. The number of hydrogen-bond donors (Lipinski definition) is 2. The first-order valence-corrected chi connectivity index (χ1v) is 6.94. The molecule has 0 aliphatic carbocycles. The molecule has 1 unspecified atom stereocenters. The summed E-state index contributed by atoms with van der Waals surface area (Å²) in [5.41, 5.74) is 7.08. The minimum atomic E-state index is 0.0943. The lowest BCUT2D eigenvalue weighted by molar-refractivity contribution is -0.122. The van der Waals surface area contributed by atoms with Crippen LogP contribution in [-0.2, 0) is 4.79 Å². The van der Waals surface area contributed by atoms with E-state index in [1.807, 2.05) is 18.2 Å². The Labute approximate surface area is 115 Å². The molecule has 0 saturated carbocycles. The van der Waals surface area contributed by atoms with E-state index in [2.05, 4.69) is 29.3 Å². The number of hydrogen-bond acceptors (Lipinski definition) is 3. The van der Waals surface area contributed by atoms with Gasteiger partial charge in [0.2, 0.25) is 5.91 Å². The van der Waals surface area contributed by atoms with Gasteiger partial charge in [-0.05, 0) is 17.9 Å². The van der Waals surface area contributed by atoms with Crippen molar-refractivity contribution in [2.24, 2.45) is 5.73 Å². The van der Waals surface area contributed by atoms with Crippen molar-refractivity contribution in [1.82, 2.24) is 10.2 Å². The lowest BCUT2D eigenvalue weighted by atomic mass is 10.0. The molecule has 0 aromatic heterocycles. The van der Waals surface area contributed by atoms with Crippen molar-refractivity contribution in [1.29, 1.82) is 0 Å². The maximum atomic E-state index is 11.8. The highest BCUT2D eigenvalue weighted by Crippen LogP contribution is 2.13. The van der Waals surface area contributed by atoms with Crippen LogP contribution in [0.1, 0.15) is 24.8 Å². The van der Waals surface area contributed by atoms with E-state index in [0.29, 0.717) is 19.0 Å². The molecule has 4 nitrogen and oxygen atoms in total. The highest BCUT2D eigenvalue weighted by molar-refractivity contribution is 5.78. The number of amides is 1. The van der Waals surface area contributed by atoms with Gasteiger partial charge in [-0.2, -0.15) is 0 Å². The lowest BCUT2D eigenvalue weighted by Crippen LogP contribution is -2.38. The molecule has 1 aromatic rings. The van der Waals surface area contributed by atoms with E-state index < -0.39 is 0 Å². The van der Waals surface area contributed by atoms with Gasteiger partial charge in [0.25, 0.3) is 0 Å². The second kappa shape index (κ2) is 6.68. The van der Waals surface area contributed by atoms with E-state index in [1.165, 1.54) is 5.56 Å². The summed E-state index contributed by atoms with van der Waals surface area (Å²) in [4.78, 5) is 14.0. The summed E-state index contributed by atoms with van der Waals surface area (Å²) in [7, 11) is 0. The minimum absolute atomic E-state index is 0.0943. The molecule has 19 heavy (non-hydrogen) atoms. The fourth-order valence-corrected chi connectivity index (χ4v) is 2.43. The summed E-state index contributed by atoms with van der Waals surface area (Å²) in [6, 6.07) is 10.5. The Hall–Kier alpha value is -1.39. The topological polar surface area (TPSA) is 58.4 Å². The normalized spacial score (nSPS) is 21.3. The number of nitrogens with zero attached hydrogens (tertiary/aromatic N) is 1. The van der Waals surface area contributed by atoms with E-state index in [-0.39, 0.29) is 11.9 Å². The van der Waals surface area contributed by atoms with Gasteiger partial charge >= 0.3 is 0 Å². The number of likely N-dealkylation sites (tertiary alicyclic amines) is 1. The molecule has 0 spiro atoms. The van der Waals surface area contributed by atoms with E-state index in [4.69, 9.17) is 5.73 Å². The van der Waals surface area contributed by atoms with Crippen molar-refractivity contribution in [3.05, 3.63) is 35.9 Å². The van der Waals surface area contributed by atoms with Crippen LogP contribution in [0.5, 0.6) is 0 Å². The molecule has 1 heterocycles. The SMILES string of the molecule is CC(CNC(=O)CN1CC[C@@H](N)C1)c1ccccc1. The molecule has 0 radical (unpaired) electrons. The molecular weight excluding hydrogens is 238 g/mol. The van der Waals surface area contributed by atoms with E-state index in [9.17, 15) is 4.79 Å². The Balaban J connectivity index is 1.71. The van der Waals surface area contributed by atoms with Crippen molar-refractivity contribution in [2.75, 3.05) is 26.2 Å². The van der Waals surface area contributed by atoms with Crippen LogP contribution in [0, 0.1) is 0 Å². The van der Waals surface area contributed by atoms with E-state index in [0.717, 1.165) is 19.5 Å². The number of benzene rings is 1. The van der Waals surface area contributed by atoms with Crippen LogP contribution in [0.4, 0.5) is 0 Å². The molecule has 1 aromatic carbocycles. The summed E-state index contributed by atoms with van der Waals surface area (Å²) in [5.74, 6) is 0.433. The molecule has 1 saturated heterocycles. The van der Waals surface area contributed by atoms with E-state index in [1.54, 1.807) is 0 Å². The van der Waals surface area contributed by atoms with Crippen LogP contribution in [0.2, 0.25) is 0 Å². The second-order valence-electron chi connectivity index (χ2n) is 5.40. The third kappa shape index (κ3) is 4.33. The Morgan fingerprint density at radius 1 is 1.47 bits per heavy atom. The van der Waals surface area contributed by atoms with Crippen molar-refractivity contribution in [3.8, 4) is 0 Å². The van der Waals surface area contributed by atoms with Gasteiger partial charge in [-0.1, -0.05) is 37.3 Å². The molecule has 1 aliphatic rings. The summed E-state index contributed by atoms with van der Waals surface area (Å²) in [5, 5.41) is 3.00. The van der Waals surface area contributed by atoms with Crippen molar-refractivity contribution in [3.63, 3.8) is 0 Å². The van der Waals surface area contributed by atoms with Gasteiger partial charge in [-0.15, -0.1) is 0 Å². The summed E-state index contributed by atoms with van der Waals surface area (Å²) in [6.45, 7) is 5.05. The Morgan fingerprint density at radius 2 is 2.21 bits per heavy atom. The van der Waals surface area contributed by atoms with Crippen LogP contribution in [0.15, 0.2) is 30.3 Å². The molecule has 104 valence electrons. The maximum Gasteiger partial charge on any atom is 0.234 e. The van der Waals surface area contributed by atoms with Gasteiger partial charge in [0.05, 0.1) is 6.54 Å². The fraction of sp³-hybridized carbons (Fsp3) is 0.533. The first kappa shape index (κ1) is 14.0. The Kier molecular flexibility index (Phi) is 4.93. The summed E-state index contributed by atoms with van der Waals surface area (Å²) in [6.07, 6.45) is 0.994. The molecule has 3 N–H and O–H groups in total. The van der Waals surface area contributed by atoms with E-state index >= 15 is 0 Å². The van der Waals surface area contributed by atoms with Crippen LogP contribution in [0.25, 0.3) is 0 Å². The van der Waals surface area contributed by atoms with Crippen molar-refractivity contribution < 1.29 is 4.79 Å². The zero-order valence-electron chi connectivity index (χ0n) is 11.5. The van der Waals surface area contributed by atoms with Gasteiger partial charge in [0, 0.05) is 25.7 Å². The molecule has 2 rings (SSSR count). The first-order chi connectivity index (χ1) is 9.15. The van der Waals surface area contributed by atoms with Crippen molar-refractivity contribution >= 4 is 5.91 Å². The third-order valence-corrected chi connectivity index (χ3v) is 3.65. The number of nitrogens with two attached hydrogens (primary N) is 1. The molecule has 4 heteroatoms. The van der Waals surface area contributed by atoms with Crippen LogP contribution in [0.3, 0.4) is 0 Å². The lowest BCUT2D eigenvalue weighted by Gasteiger charge is -2.17. The number of carbonyl (C=O) groups excluding carboxylic acids is 1. The monoisotopic (exact) mass is 261 g/mol. The molecule has 2 atom stereocenters. The standard InChI is InChI=1S/C15H23N3O/c1-12(13-5-3-2-4-6-13)9-17-15(19)11-18-8-7-14(16)10-18/h2-6,12,14H,7-11,16H2,1H3,(H,17,19)/t12?,14-/m1/s1. The molecular formula is C15H23N3O. The largest absolute Gasteiger partial charge is 0.354 e. The highest BCUT2D eigenvalue weighted by Gasteiger charge is 2.20. The zero-order valence-corrected chi connectivity index (χ0v) is 11.5. The van der Waals surface area contributed by atoms with Crippen LogP contribution in [-0.4, -0.2) is 43.0 Å². The summed E-state index contributed by atoms with van der Waals surface area (Å²) < 4.78 is 0. The van der Waals surface area contributed by atoms with Crippen LogP contribution < -0.4 is 11.1 Å². The number of carbonyl (C=O) groups is 1. The van der Waals surface area contributed by atoms with Gasteiger partial charge in [0.15, 0.2) is 0 Å². The Morgan fingerprint density at radius 3 is 2.84 bits per heavy atom. The van der Waals surface area contributed by atoms with Gasteiger partial charge in [0.1, 0.15) is 0 Å². The predicted molar refractivity (Wildman–Crippen MR) is 76.9 cm³/mol. The highest BCUT2D eigenvalue weighted by atomic mass is 16.2. The molecule has 0 bridgehead atoms. The van der Waals surface area contributed by atoms with Gasteiger partial charge in [-0.25, -0.2) is 0 Å². The second-order valence-corrected chi connectivity index (χ2v) is 5.40. The predicted octanol–water partition coefficient (Wildman–Crippen LogP) is 0.939. The number of rotatable bonds is 5. The maximum absolute atomic E-state index is 11.8. The zero-order chi connectivity index (χ0) is 13.7. The minimum Gasteiger partial charge on any atom is -0.354 e. The van der Waals surface area contributed by atoms with Crippen LogP contribution >= 0.6 is 0 Å².